The number of benzene rings is 2. The Bertz CT molecular complexity index is 860. The number of unbranched alkanes of at least 4 members (excludes halogenated alkanes) is 1. The minimum Gasteiger partial charge on any atom is -0.483 e. The van der Waals surface area contributed by atoms with Crippen molar-refractivity contribution in [3.05, 3.63) is 42.0 Å². The molecule has 0 atom stereocenters. The van der Waals surface area contributed by atoms with Gasteiger partial charge in [0.2, 0.25) is 0 Å². The summed E-state index contributed by atoms with van der Waals surface area (Å²) in [5, 5.41) is 7.75. The van der Waals surface area contributed by atoms with Crippen molar-refractivity contribution in [2.45, 2.75) is 45.6 Å². The van der Waals surface area contributed by atoms with Gasteiger partial charge in [0, 0.05) is 12.6 Å². The number of carbonyl (C=O) groups excluding carboxylic acids is 2. The highest BCUT2D eigenvalue weighted by molar-refractivity contribution is 6.01. The fourth-order valence-corrected chi connectivity index (χ4v) is 3.79. The third kappa shape index (κ3) is 6.46. The van der Waals surface area contributed by atoms with Crippen LogP contribution in [0.2, 0.25) is 0 Å². The molecule has 0 spiro atoms. The van der Waals surface area contributed by atoms with Crippen molar-refractivity contribution in [1.29, 1.82) is 0 Å². The van der Waals surface area contributed by atoms with Crippen LogP contribution in [-0.2, 0) is 4.79 Å². The van der Waals surface area contributed by atoms with Gasteiger partial charge in [0.1, 0.15) is 5.75 Å². The topological polar surface area (TPSA) is 70.7 Å². The molecule has 1 saturated heterocycles. The SMILES string of the molecule is CC(C)NC(=O)COc1cc2ccccc2cc1C(=O)NCCCCN1CCCC1. The number of likely N-dealkylation sites (tertiary alicyclic amines) is 1. The maximum atomic E-state index is 12.8. The number of ether oxygens (including phenoxy) is 1. The van der Waals surface area contributed by atoms with Crippen molar-refractivity contribution < 1.29 is 14.3 Å². The second-order valence-electron chi connectivity index (χ2n) is 8.22. The van der Waals surface area contributed by atoms with Crippen LogP contribution in [0.5, 0.6) is 5.75 Å². The van der Waals surface area contributed by atoms with E-state index in [4.69, 9.17) is 4.74 Å². The molecule has 0 aromatic heterocycles. The van der Waals surface area contributed by atoms with E-state index in [-0.39, 0.29) is 24.5 Å². The molecule has 2 aromatic carbocycles. The first-order chi connectivity index (χ1) is 14.5. The number of fused-ring (bicyclic) bond motifs is 1. The normalized spacial score (nSPS) is 14.2. The quantitative estimate of drug-likeness (QED) is 0.588. The smallest absolute Gasteiger partial charge is 0.258 e. The summed E-state index contributed by atoms with van der Waals surface area (Å²) >= 11 is 0. The monoisotopic (exact) mass is 411 g/mol. The highest BCUT2D eigenvalue weighted by Crippen LogP contribution is 2.26. The number of nitrogens with one attached hydrogen (secondary N) is 2. The molecule has 6 heteroatoms. The molecule has 0 radical (unpaired) electrons. The van der Waals surface area contributed by atoms with Crippen LogP contribution in [0.1, 0.15) is 49.9 Å². The molecule has 1 aliphatic heterocycles. The number of amides is 2. The molecule has 0 saturated carbocycles. The standard InChI is InChI=1S/C24H33N3O3/c1-18(2)26-23(28)17-30-22-16-20-10-4-3-9-19(20)15-21(22)24(29)25-11-5-6-12-27-13-7-8-14-27/h3-4,9-10,15-16,18H,5-8,11-14,17H2,1-2H3,(H,25,29)(H,26,28). The second-order valence-corrected chi connectivity index (χ2v) is 8.22. The summed E-state index contributed by atoms with van der Waals surface area (Å²) in [7, 11) is 0. The van der Waals surface area contributed by atoms with Gasteiger partial charge in [0.15, 0.2) is 6.61 Å². The summed E-state index contributed by atoms with van der Waals surface area (Å²) in [5.41, 5.74) is 0.464. The van der Waals surface area contributed by atoms with Crippen molar-refractivity contribution in [1.82, 2.24) is 15.5 Å². The van der Waals surface area contributed by atoms with Crippen LogP contribution in [0.3, 0.4) is 0 Å². The van der Waals surface area contributed by atoms with Gasteiger partial charge >= 0.3 is 0 Å². The Hall–Kier alpha value is -2.60. The summed E-state index contributed by atoms with van der Waals surface area (Å²) in [6.07, 6.45) is 4.63. The first-order valence-electron chi connectivity index (χ1n) is 11.0. The van der Waals surface area contributed by atoms with Crippen LogP contribution in [0.25, 0.3) is 10.8 Å². The highest BCUT2D eigenvalue weighted by atomic mass is 16.5. The molecule has 2 N–H and O–H groups in total. The van der Waals surface area contributed by atoms with Crippen molar-refractivity contribution in [3.8, 4) is 5.75 Å². The predicted octanol–water partition coefficient (Wildman–Crippen LogP) is 3.35. The second kappa shape index (κ2) is 11.0. The first-order valence-corrected chi connectivity index (χ1v) is 11.0. The molecule has 0 bridgehead atoms. The summed E-state index contributed by atoms with van der Waals surface area (Å²) in [4.78, 5) is 27.3. The van der Waals surface area contributed by atoms with Gasteiger partial charge in [-0.15, -0.1) is 0 Å². The average Bonchev–Trinajstić information content (AvgIpc) is 3.24. The average molecular weight is 412 g/mol. The predicted molar refractivity (Wildman–Crippen MR) is 120 cm³/mol. The maximum Gasteiger partial charge on any atom is 0.258 e. The number of rotatable bonds is 10. The number of carbonyl (C=O) groups is 2. The van der Waals surface area contributed by atoms with E-state index in [0.717, 1.165) is 30.2 Å². The van der Waals surface area contributed by atoms with Gasteiger partial charge in [-0.3, -0.25) is 9.59 Å². The molecule has 162 valence electrons. The summed E-state index contributed by atoms with van der Waals surface area (Å²) < 4.78 is 5.74. The molecular weight excluding hydrogens is 378 g/mol. The lowest BCUT2D eigenvalue weighted by molar-refractivity contribution is -0.123. The van der Waals surface area contributed by atoms with Gasteiger partial charge in [0.25, 0.3) is 11.8 Å². The highest BCUT2D eigenvalue weighted by Gasteiger charge is 2.16. The van der Waals surface area contributed by atoms with E-state index in [1.54, 1.807) is 0 Å². The number of hydrogen-bond acceptors (Lipinski definition) is 4. The largest absolute Gasteiger partial charge is 0.483 e. The molecule has 2 amide bonds. The van der Waals surface area contributed by atoms with Gasteiger partial charge in [-0.25, -0.2) is 0 Å². The van der Waals surface area contributed by atoms with Crippen molar-refractivity contribution >= 4 is 22.6 Å². The van der Waals surface area contributed by atoms with Crippen LogP contribution < -0.4 is 15.4 Å². The molecule has 3 rings (SSSR count). The molecule has 1 heterocycles. The Balaban J connectivity index is 1.61. The maximum absolute atomic E-state index is 12.8. The lowest BCUT2D eigenvalue weighted by Gasteiger charge is -2.15. The van der Waals surface area contributed by atoms with Crippen LogP contribution in [0.4, 0.5) is 0 Å². The van der Waals surface area contributed by atoms with Gasteiger partial charge in [0.05, 0.1) is 5.56 Å². The molecule has 30 heavy (non-hydrogen) atoms. The zero-order valence-electron chi connectivity index (χ0n) is 18.1. The van der Waals surface area contributed by atoms with E-state index >= 15 is 0 Å². The molecule has 0 unspecified atom stereocenters. The van der Waals surface area contributed by atoms with E-state index in [0.29, 0.717) is 17.9 Å². The van der Waals surface area contributed by atoms with Crippen LogP contribution in [0, 0.1) is 0 Å². The molecular formula is C24H33N3O3. The van der Waals surface area contributed by atoms with E-state index in [1.807, 2.05) is 50.2 Å². The first kappa shape index (κ1) is 22.1. The Morgan fingerprint density at radius 1 is 1.07 bits per heavy atom. The van der Waals surface area contributed by atoms with Crippen molar-refractivity contribution in [2.24, 2.45) is 0 Å². The Morgan fingerprint density at radius 2 is 1.77 bits per heavy atom. The van der Waals surface area contributed by atoms with Crippen LogP contribution >= 0.6 is 0 Å². The van der Waals surface area contributed by atoms with Gasteiger partial charge in [-0.2, -0.15) is 0 Å². The fraction of sp³-hybridized carbons (Fsp3) is 0.500. The summed E-state index contributed by atoms with van der Waals surface area (Å²) in [5.74, 6) is 0.0646. The molecule has 1 fully saturated rings. The molecule has 2 aromatic rings. The third-order valence-corrected chi connectivity index (χ3v) is 5.29. The number of nitrogens with zero attached hydrogens (tertiary/aromatic N) is 1. The van der Waals surface area contributed by atoms with E-state index < -0.39 is 0 Å². The number of hydrogen-bond donors (Lipinski definition) is 2. The minimum atomic E-state index is -0.202. The zero-order chi connectivity index (χ0) is 21.3. The van der Waals surface area contributed by atoms with Gasteiger partial charge in [-0.1, -0.05) is 24.3 Å². The van der Waals surface area contributed by atoms with Crippen molar-refractivity contribution in [2.75, 3.05) is 32.8 Å². The van der Waals surface area contributed by atoms with Crippen molar-refractivity contribution in [3.63, 3.8) is 0 Å². The van der Waals surface area contributed by atoms with Crippen LogP contribution in [0.15, 0.2) is 36.4 Å². The van der Waals surface area contributed by atoms with E-state index in [9.17, 15) is 9.59 Å². The Kier molecular flexibility index (Phi) is 8.08. The van der Waals surface area contributed by atoms with E-state index in [1.165, 1.54) is 25.9 Å². The third-order valence-electron chi connectivity index (χ3n) is 5.29. The summed E-state index contributed by atoms with van der Waals surface area (Å²) in [6.45, 7) is 7.82. The molecule has 6 nitrogen and oxygen atoms in total. The minimum absolute atomic E-state index is 0.0426. The van der Waals surface area contributed by atoms with Gasteiger partial charge in [-0.05, 0) is 82.1 Å². The van der Waals surface area contributed by atoms with Crippen LogP contribution in [-0.4, -0.2) is 55.5 Å². The Labute approximate surface area is 179 Å². The molecule has 0 aliphatic carbocycles. The zero-order valence-corrected chi connectivity index (χ0v) is 18.1. The van der Waals surface area contributed by atoms with E-state index in [2.05, 4.69) is 15.5 Å². The Morgan fingerprint density at radius 3 is 2.47 bits per heavy atom. The summed E-state index contributed by atoms with van der Waals surface area (Å²) in [6, 6.07) is 11.5. The van der Waals surface area contributed by atoms with Gasteiger partial charge < -0.3 is 20.3 Å². The lowest BCUT2D eigenvalue weighted by Crippen LogP contribution is -2.34. The molecule has 1 aliphatic rings. The fourth-order valence-electron chi connectivity index (χ4n) is 3.79. The lowest BCUT2D eigenvalue weighted by atomic mass is 10.1.